The number of ether oxygens (including phenoxy) is 4. The van der Waals surface area contributed by atoms with E-state index in [1.807, 2.05) is 6.07 Å². The Hall–Kier alpha value is -2.58. The number of rotatable bonds is 5. The third-order valence-electron chi connectivity index (χ3n) is 7.68. The van der Waals surface area contributed by atoms with Crippen LogP contribution in [0.3, 0.4) is 0 Å². The maximum Gasteiger partial charge on any atom is 0.352 e. The van der Waals surface area contributed by atoms with Gasteiger partial charge in [-0.1, -0.05) is 12.5 Å². The van der Waals surface area contributed by atoms with Crippen LogP contribution in [0.5, 0.6) is 11.5 Å². The van der Waals surface area contributed by atoms with Gasteiger partial charge in [-0.2, -0.15) is 0 Å². The number of esters is 2. The van der Waals surface area contributed by atoms with E-state index in [2.05, 4.69) is 6.07 Å². The lowest BCUT2D eigenvalue weighted by Crippen LogP contribution is -2.67. The van der Waals surface area contributed by atoms with Crippen molar-refractivity contribution in [2.75, 3.05) is 7.11 Å². The molecule has 8 nitrogen and oxygen atoms in total. The van der Waals surface area contributed by atoms with Crippen molar-refractivity contribution < 1.29 is 33.6 Å². The minimum absolute atomic E-state index is 0.105. The first-order chi connectivity index (χ1) is 15.2. The first-order valence-electron chi connectivity index (χ1n) is 11.2. The van der Waals surface area contributed by atoms with Gasteiger partial charge < -0.3 is 29.8 Å². The summed E-state index contributed by atoms with van der Waals surface area (Å²) in [7, 11) is 1.59. The number of hydrogen-bond donors (Lipinski definition) is 2. The monoisotopic (exact) mass is 443 g/mol. The first-order valence-corrected chi connectivity index (χ1v) is 11.2. The van der Waals surface area contributed by atoms with E-state index in [0.29, 0.717) is 23.7 Å². The molecule has 1 unspecified atom stereocenters. The van der Waals surface area contributed by atoms with Crippen LogP contribution in [0.15, 0.2) is 24.0 Å². The number of carbonyl (C=O) groups is 2. The van der Waals surface area contributed by atoms with Crippen molar-refractivity contribution in [3.63, 3.8) is 0 Å². The molecule has 0 radical (unpaired) electrons. The maximum atomic E-state index is 12.7. The molecule has 8 heteroatoms. The lowest BCUT2D eigenvalue weighted by Gasteiger charge is -2.59. The third-order valence-corrected chi connectivity index (χ3v) is 7.68. The molecule has 3 aliphatic carbocycles. The third kappa shape index (κ3) is 2.69. The van der Waals surface area contributed by atoms with E-state index in [0.717, 1.165) is 36.8 Å². The van der Waals surface area contributed by atoms with Gasteiger partial charge in [0, 0.05) is 5.56 Å². The van der Waals surface area contributed by atoms with Crippen LogP contribution in [0, 0.1) is 5.92 Å². The molecule has 2 bridgehead atoms. The van der Waals surface area contributed by atoms with E-state index in [4.69, 9.17) is 24.7 Å². The van der Waals surface area contributed by atoms with E-state index in [1.54, 1.807) is 13.2 Å². The maximum absolute atomic E-state index is 12.7. The molecule has 1 aromatic rings. The summed E-state index contributed by atoms with van der Waals surface area (Å²) in [5.41, 5.74) is 5.98. The molecular formula is C24H29NO7. The van der Waals surface area contributed by atoms with E-state index in [9.17, 15) is 14.7 Å². The number of hydrogen-bond acceptors (Lipinski definition) is 8. The Labute approximate surface area is 186 Å². The van der Waals surface area contributed by atoms with Crippen LogP contribution < -0.4 is 15.2 Å². The summed E-state index contributed by atoms with van der Waals surface area (Å²) in [6, 6.07) is 3.11. The topological polar surface area (TPSA) is 117 Å². The minimum Gasteiger partial charge on any atom is -0.493 e. The van der Waals surface area contributed by atoms with Crippen LogP contribution in [-0.2, 0) is 30.9 Å². The largest absolute Gasteiger partial charge is 0.493 e. The van der Waals surface area contributed by atoms with Crippen molar-refractivity contribution in [2.45, 2.75) is 75.2 Å². The highest BCUT2D eigenvalue weighted by Crippen LogP contribution is 2.67. The summed E-state index contributed by atoms with van der Waals surface area (Å²) >= 11 is 0. The zero-order valence-electron chi connectivity index (χ0n) is 18.6. The van der Waals surface area contributed by atoms with E-state index >= 15 is 0 Å². The number of methoxy groups -OCH3 is 1. The van der Waals surface area contributed by atoms with Gasteiger partial charge in [0.1, 0.15) is 11.8 Å². The molecule has 0 saturated heterocycles. The Morgan fingerprint density at radius 2 is 2.06 bits per heavy atom. The van der Waals surface area contributed by atoms with Crippen LogP contribution >= 0.6 is 0 Å². The molecular weight excluding hydrogens is 414 g/mol. The average Bonchev–Trinajstić information content (AvgIpc) is 3.10. The van der Waals surface area contributed by atoms with Crippen LogP contribution in [-0.4, -0.2) is 48.0 Å². The van der Waals surface area contributed by atoms with Crippen molar-refractivity contribution in [3.05, 3.63) is 35.1 Å². The second kappa shape index (κ2) is 7.22. The Bertz CT molecular complexity index is 1020. The van der Waals surface area contributed by atoms with Crippen molar-refractivity contribution in [2.24, 2.45) is 11.7 Å². The van der Waals surface area contributed by atoms with Gasteiger partial charge in [-0.05, 0) is 63.2 Å². The summed E-state index contributed by atoms with van der Waals surface area (Å²) in [5, 5.41) is 12.0. The fraction of sp³-hybridized carbons (Fsp3) is 0.583. The highest BCUT2D eigenvalue weighted by molar-refractivity contribution is 5.82. The van der Waals surface area contributed by atoms with Crippen molar-refractivity contribution >= 4 is 11.9 Å². The fourth-order valence-corrected chi connectivity index (χ4v) is 6.21. The van der Waals surface area contributed by atoms with Crippen LogP contribution in [0.1, 0.15) is 50.7 Å². The van der Waals surface area contributed by atoms with Gasteiger partial charge in [-0.25, -0.2) is 4.79 Å². The van der Waals surface area contributed by atoms with Gasteiger partial charge in [-0.3, -0.25) is 4.79 Å². The number of aliphatic hydroxyl groups is 1. The van der Waals surface area contributed by atoms with Crippen LogP contribution in [0.2, 0.25) is 0 Å². The molecule has 5 rings (SSSR count). The second-order valence-electron chi connectivity index (χ2n) is 9.42. The smallest absolute Gasteiger partial charge is 0.352 e. The van der Waals surface area contributed by atoms with Gasteiger partial charge in [0.25, 0.3) is 0 Å². The van der Waals surface area contributed by atoms with E-state index in [1.165, 1.54) is 13.8 Å². The zero-order valence-corrected chi connectivity index (χ0v) is 18.6. The Morgan fingerprint density at radius 1 is 1.28 bits per heavy atom. The molecule has 3 N–H and O–H groups in total. The molecule has 1 spiro atoms. The van der Waals surface area contributed by atoms with Crippen molar-refractivity contribution in [3.8, 4) is 11.5 Å². The van der Waals surface area contributed by atoms with Gasteiger partial charge >= 0.3 is 11.9 Å². The minimum atomic E-state index is -1.12. The Morgan fingerprint density at radius 3 is 2.78 bits per heavy atom. The predicted octanol–water partition coefficient (Wildman–Crippen LogP) is 1.89. The van der Waals surface area contributed by atoms with E-state index < -0.39 is 41.2 Å². The summed E-state index contributed by atoms with van der Waals surface area (Å²) in [6.45, 7) is 2.93. The lowest BCUT2D eigenvalue weighted by atomic mass is 9.47. The molecule has 1 heterocycles. The SMILES string of the molecule is COc1ccc2c3c1O[C@H]1C(OC(=O)[C@H](C)OC(=O)[C@H](C)N)=CC[C@@]4(O)[C@H](CCCC314)C2. The summed E-state index contributed by atoms with van der Waals surface area (Å²) in [6.07, 6.45) is 3.75. The lowest BCUT2D eigenvalue weighted by molar-refractivity contribution is -0.171. The van der Waals surface area contributed by atoms with E-state index in [-0.39, 0.29) is 5.92 Å². The molecule has 6 atom stereocenters. The van der Waals surface area contributed by atoms with Gasteiger partial charge in [0.05, 0.1) is 18.1 Å². The zero-order chi connectivity index (χ0) is 22.8. The normalized spacial score (nSPS) is 33.2. The van der Waals surface area contributed by atoms with Gasteiger partial charge in [0.15, 0.2) is 23.7 Å². The number of carbonyl (C=O) groups excluding carboxylic acids is 2. The van der Waals surface area contributed by atoms with Crippen molar-refractivity contribution in [1.82, 2.24) is 0 Å². The standard InChI is InChI=1S/C24H29NO7/c1-12(25)21(26)30-13(2)22(27)31-17-8-10-24(28)15-5-4-9-23(24)18-14(11-15)6-7-16(29-3)19(18)32-20(17)23/h6-8,12-13,15,20,28H,4-5,9-11,25H2,1-3H3/t12-,13-,15+,20-,23?,24+/m0/s1. The number of benzene rings is 1. The van der Waals surface area contributed by atoms with Crippen molar-refractivity contribution in [1.29, 1.82) is 0 Å². The number of nitrogens with two attached hydrogens (primary N) is 1. The highest BCUT2D eigenvalue weighted by atomic mass is 16.6. The fourth-order valence-electron chi connectivity index (χ4n) is 6.21. The predicted molar refractivity (Wildman–Crippen MR) is 113 cm³/mol. The molecule has 1 saturated carbocycles. The quantitative estimate of drug-likeness (QED) is 0.663. The highest BCUT2D eigenvalue weighted by Gasteiger charge is 2.71. The molecule has 0 aromatic heterocycles. The first kappa shape index (κ1) is 21.3. The van der Waals surface area contributed by atoms with Crippen LogP contribution in [0.4, 0.5) is 0 Å². The molecule has 1 aromatic carbocycles. The average molecular weight is 443 g/mol. The molecule has 4 aliphatic rings. The van der Waals surface area contributed by atoms with Gasteiger partial charge in [0.2, 0.25) is 0 Å². The molecule has 32 heavy (non-hydrogen) atoms. The Balaban J connectivity index is 1.52. The second-order valence-corrected chi connectivity index (χ2v) is 9.42. The molecule has 1 aliphatic heterocycles. The summed E-state index contributed by atoms with van der Waals surface area (Å²) in [5.74, 6) is 0.282. The van der Waals surface area contributed by atoms with Gasteiger partial charge in [-0.15, -0.1) is 0 Å². The molecule has 1 fully saturated rings. The summed E-state index contributed by atoms with van der Waals surface area (Å²) in [4.78, 5) is 24.5. The van der Waals surface area contributed by atoms with Crippen LogP contribution in [0.25, 0.3) is 0 Å². The summed E-state index contributed by atoms with van der Waals surface area (Å²) < 4.78 is 22.8. The Kier molecular flexibility index (Phi) is 4.80. The molecule has 172 valence electrons. The molecule has 0 amide bonds.